The number of amides is 2. The second kappa shape index (κ2) is 11.3. The van der Waals surface area contributed by atoms with E-state index in [-0.39, 0.29) is 66.0 Å². The van der Waals surface area contributed by atoms with Gasteiger partial charge in [0.15, 0.2) is 17.1 Å². The van der Waals surface area contributed by atoms with Crippen LogP contribution in [0, 0.1) is 11.8 Å². The molecule has 214 valence electrons. The zero-order chi connectivity index (χ0) is 27.6. The number of fused-ring (bicyclic) bond motifs is 3. The van der Waals surface area contributed by atoms with Gasteiger partial charge in [0.1, 0.15) is 22.8 Å². The number of aliphatic hydroxyl groups excluding tert-OH is 2. The normalized spacial score (nSPS) is 25.7. The standard InChI is InChI=1S/C24H27ClN4O8.2ClH/c1-27-7-12(30)28-16-11(25)6-9-4-8-5-10-17(29(2)3)20(33)15(23(26)36)22(35)24(10,37)21(34)14(8)18(31)13(9)19(16)32;;/h6,8,10,17,27,32-34,37H,4-5,7H2,1-3H3,(H2,26,36)(H,28,30);2*1H/t8?,10?,17-,24?;;/m0../s1. The van der Waals surface area contributed by atoms with E-state index in [2.05, 4.69) is 10.6 Å². The predicted molar refractivity (Wildman–Crippen MR) is 146 cm³/mol. The number of carbonyl (C=O) groups is 4. The molecule has 0 heterocycles. The van der Waals surface area contributed by atoms with Crippen molar-refractivity contribution in [3.05, 3.63) is 44.9 Å². The second-order valence-corrected chi connectivity index (χ2v) is 10.1. The molecule has 0 bridgehead atoms. The summed E-state index contributed by atoms with van der Waals surface area (Å²) >= 11 is 6.30. The molecular weight excluding hydrogens is 579 g/mol. The number of primary amides is 1. The highest BCUT2D eigenvalue weighted by Crippen LogP contribution is 2.53. The number of aromatic hydroxyl groups is 1. The maximum atomic E-state index is 13.6. The van der Waals surface area contributed by atoms with Crippen LogP contribution in [0.25, 0.3) is 0 Å². The van der Waals surface area contributed by atoms with E-state index in [9.17, 15) is 39.6 Å². The number of nitrogens with two attached hydrogens (primary N) is 1. The molecule has 4 atom stereocenters. The molecule has 4 rings (SSSR count). The summed E-state index contributed by atoms with van der Waals surface area (Å²) < 4.78 is 0. The Labute approximate surface area is 240 Å². The molecule has 12 nitrogen and oxygen atoms in total. The van der Waals surface area contributed by atoms with Crippen LogP contribution >= 0.6 is 36.4 Å². The van der Waals surface area contributed by atoms with Crippen LogP contribution in [-0.4, -0.2) is 88.0 Å². The first-order valence-corrected chi connectivity index (χ1v) is 11.8. The van der Waals surface area contributed by atoms with Crippen molar-refractivity contribution >= 4 is 65.5 Å². The van der Waals surface area contributed by atoms with Crippen LogP contribution in [0.5, 0.6) is 5.75 Å². The number of benzene rings is 1. The monoisotopic (exact) mass is 606 g/mol. The van der Waals surface area contributed by atoms with Crippen molar-refractivity contribution in [1.29, 1.82) is 0 Å². The Morgan fingerprint density at radius 2 is 1.82 bits per heavy atom. The molecule has 8 N–H and O–H groups in total. The van der Waals surface area contributed by atoms with Gasteiger partial charge in [-0.2, -0.15) is 0 Å². The van der Waals surface area contributed by atoms with Gasteiger partial charge in [-0.25, -0.2) is 0 Å². The number of phenolic OH excluding ortho intramolecular Hbond substituents is 1. The average molecular weight is 608 g/mol. The van der Waals surface area contributed by atoms with Crippen molar-refractivity contribution in [3.63, 3.8) is 0 Å². The fourth-order valence-corrected chi connectivity index (χ4v) is 6.00. The van der Waals surface area contributed by atoms with E-state index >= 15 is 0 Å². The lowest BCUT2D eigenvalue weighted by molar-refractivity contribution is -0.148. The third-order valence-corrected chi connectivity index (χ3v) is 7.57. The van der Waals surface area contributed by atoms with Crippen LogP contribution in [0.2, 0.25) is 5.02 Å². The van der Waals surface area contributed by atoms with E-state index in [1.54, 1.807) is 21.1 Å². The highest BCUT2D eigenvalue weighted by atomic mass is 35.5. The second-order valence-electron chi connectivity index (χ2n) is 9.66. The van der Waals surface area contributed by atoms with Gasteiger partial charge < -0.3 is 36.8 Å². The summed E-state index contributed by atoms with van der Waals surface area (Å²) in [4.78, 5) is 52.5. The molecule has 2 amide bonds. The van der Waals surface area contributed by atoms with E-state index in [0.29, 0.717) is 5.56 Å². The van der Waals surface area contributed by atoms with Gasteiger partial charge in [0, 0.05) is 11.5 Å². The van der Waals surface area contributed by atoms with E-state index in [1.165, 1.54) is 11.0 Å². The number of nitrogens with zero attached hydrogens (tertiary/aromatic N) is 1. The zero-order valence-electron chi connectivity index (χ0n) is 21.1. The molecule has 0 aliphatic heterocycles. The minimum Gasteiger partial charge on any atom is -0.510 e. The van der Waals surface area contributed by atoms with Crippen molar-refractivity contribution in [2.24, 2.45) is 17.6 Å². The number of hydrogen-bond acceptors (Lipinski definition) is 10. The fourth-order valence-electron chi connectivity index (χ4n) is 5.73. The van der Waals surface area contributed by atoms with E-state index in [0.717, 1.165) is 0 Å². The number of ketones is 2. The summed E-state index contributed by atoms with van der Waals surface area (Å²) in [6.07, 6.45) is 0.0529. The third kappa shape index (κ3) is 4.75. The number of anilines is 1. The molecule has 0 spiro atoms. The van der Waals surface area contributed by atoms with Gasteiger partial charge in [-0.05, 0) is 51.5 Å². The van der Waals surface area contributed by atoms with Gasteiger partial charge in [0.05, 0.1) is 23.2 Å². The zero-order valence-corrected chi connectivity index (χ0v) is 23.5. The summed E-state index contributed by atoms with van der Waals surface area (Å²) in [6.45, 7) is -0.0963. The van der Waals surface area contributed by atoms with Crippen LogP contribution in [0.3, 0.4) is 0 Å². The first-order valence-electron chi connectivity index (χ1n) is 11.4. The molecule has 15 heteroatoms. The molecule has 0 fully saturated rings. The number of likely N-dealkylation sites (N-methyl/N-ethyl adjacent to an activating group) is 2. The van der Waals surface area contributed by atoms with Gasteiger partial charge in [-0.3, -0.25) is 24.1 Å². The van der Waals surface area contributed by atoms with Crippen molar-refractivity contribution in [3.8, 4) is 5.75 Å². The first-order chi connectivity index (χ1) is 17.3. The number of nitrogens with one attached hydrogen (secondary N) is 2. The summed E-state index contributed by atoms with van der Waals surface area (Å²) in [6, 6.07) is 0.350. The molecule has 3 unspecified atom stereocenters. The van der Waals surface area contributed by atoms with E-state index in [4.69, 9.17) is 17.3 Å². The molecule has 0 aromatic heterocycles. The molecule has 0 radical (unpaired) electrons. The van der Waals surface area contributed by atoms with Crippen molar-refractivity contribution in [2.75, 3.05) is 33.0 Å². The number of halogens is 3. The number of aliphatic hydroxyl groups is 3. The molecule has 1 aromatic rings. The Balaban J connectivity index is 0.00000267. The van der Waals surface area contributed by atoms with Gasteiger partial charge in [0.25, 0.3) is 5.91 Å². The number of hydrogen-bond donors (Lipinski definition) is 7. The van der Waals surface area contributed by atoms with Crippen molar-refractivity contribution < 1.29 is 39.6 Å². The largest absolute Gasteiger partial charge is 0.510 e. The molecule has 0 saturated carbocycles. The Bertz CT molecular complexity index is 1330. The Morgan fingerprint density at radius 1 is 1.21 bits per heavy atom. The van der Waals surface area contributed by atoms with Gasteiger partial charge >= 0.3 is 0 Å². The Hall–Kier alpha value is -2.87. The van der Waals surface area contributed by atoms with E-state index in [1.807, 2.05) is 0 Å². The van der Waals surface area contributed by atoms with Crippen LogP contribution in [0.4, 0.5) is 5.69 Å². The Morgan fingerprint density at radius 3 is 2.36 bits per heavy atom. The summed E-state index contributed by atoms with van der Waals surface area (Å²) in [5.41, 5.74) is 1.30. The third-order valence-electron chi connectivity index (χ3n) is 7.27. The number of rotatable bonds is 5. The molecule has 39 heavy (non-hydrogen) atoms. The Kier molecular flexibility index (Phi) is 9.39. The minimum absolute atomic E-state index is 0. The van der Waals surface area contributed by atoms with Crippen LogP contribution in [-0.2, 0) is 20.8 Å². The summed E-state index contributed by atoms with van der Waals surface area (Å²) in [5.74, 6) is -8.09. The van der Waals surface area contributed by atoms with Crippen LogP contribution in [0.1, 0.15) is 22.3 Å². The lowest BCUT2D eigenvalue weighted by Crippen LogP contribution is -2.63. The molecule has 3 aliphatic carbocycles. The average Bonchev–Trinajstić information content (AvgIpc) is 2.78. The van der Waals surface area contributed by atoms with Crippen LogP contribution in [0.15, 0.2) is 28.7 Å². The fraction of sp³-hybridized carbons (Fsp3) is 0.417. The van der Waals surface area contributed by atoms with Crippen molar-refractivity contribution in [1.82, 2.24) is 10.2 Å². The molecule has 0 saturated heterocycles. The predicted octanol–water partition coefficient (Wildman–Crippen LogP) is 0.775. The van der Waals surface area contributed by atoms with Gasteiger partial charge in [0.2, 0.25) is 11.7 Å². The minimum atomic E-state index is -2.73. The van der Waals surface area contributed by atoms with E-state index < -0.39 is 69.7 Å². The highest BCUT2D eigenvalue weighted by Gasteiger charge is 2.63. The maximum absolute atomic E-state index is 13.6. The highest BCUT2D eigenvalue weighted by molar-refractivity contribution is 6.35. The van der Waals surface area contributed by atoms with Gasteiger partial charge in [-0.15, -0.1) is 24.8 Å². The maximum Gasteiger partial charge on any atom is 0.255 e. The number of phenols is 1. The number of carbonyl (C=O) groups excluding carboxylic acids is 4. The van der Waals surface area contributed by atoms with Crippen LogP contribution < -0.4 is 16.4 Å². The lowest BCUT2D eigenvalue weighted by Gasteiger charge is -2.50. The summed E-state index contributed by atoms with van der Waals surface area (Å²) in [7, 11) is 4.64. The first kappa shape index (κ1) is 32.3. The number of Topliss-reactive ketones (excluding diaryl/α,β-unsaturated/α-hetero) is 2. The quantitative estimate of drug-likeness (QED) is 0.185. The molecule has 1 aromatic carbocycles. The molecule has 3 aliphatic rings. The topological polar surface area (TPSA) is 203 Å². The van der Waals surface area contributed by atoms with Gasteiger partial charge in [-0.1, -0.05) is 11.6 Å². The SMILES string of the molecule is CNCC(=O)Nc1c(Cl)cc2c(c1O)C(=O)C1=C(O)C3(O)C(=O)C(C(N)=O)=C(O)[C@@H](N(C)C)C3CC1C2.Cl.Cl. The number of allylic oxidation sites excluding steroid dienone is 1. The lowest BCUT2D eigenvalue weighted by atomic mass is 9.58. The van der Waals surface area contributed by atoms with Crippen molar-refractivity contribution in [2.45, 2.75) is 24.5 Å². The smallest absolute Gasteiger partial charge is 0.255 e. The summed E-state index contributed by atoms with van der Waals surface area (Å²) in [5, 5.41) is 49.6. The molecular formula is C24H29Cl3N4O8.